The lowest BCUT2D eigenvalue weighted by molar-refractivity contribution is 0.251. The molecule has 21 heavy (non-hydrogen) atoms. The molecular weight excluding hydrogens is 304 g/mol. The summed E-state index contributed by atoms with van der Waals surface area (Å²) in [5.41, 5.74) is 1.10. The van der Waals surface area contributed by atoms with E-state index < -0.39 is 9.84 Å². The van der Waals surface area contributed by atoms with Gasteiger partial charge in [-0.2, -0.15) is 0 Å². The van der Waals surface area contributed by atoms with Crippen LogP contribution in [0.1, 0.15) is 55.1 Å². The fourth-order valence-electron chi connectivity index (χ4n) is 3.44. The molecule has 0 aromatic carbocycles. The molecule has 0 radical (unpaired) electrons. The predicted molar refractivity (Wildman–Crippen MR) is 86.5 cm³/mol. The van der Waals surface area contributed by atoms with Crippen LogP contribution >= 0.6 is 11.3 Å². The van der Waals surface area contributed by atoms with Crippen LogP contribution in [0.5, 0.6) is 0 Å². The molecule has 6 heteroatoms. The van der Waals surface area contributed by atoms with Gasteiger partial charge in [-0.3, -0.25) is 4.90 Å². The van der Waals surface area contributed by atoms with E-state index in [1.807, 2.05) is 7.05 Å². The Morgan fingerprint density at radius 1 is 1.29 bits per heavy atom. The van der Waals surface area contributed by atoms with E-state index in [2.05, 4.69) is 10.3 Å². The normalized spacial score (nSPS) is 26.5. The quantitative estimate of drug-likeness (QED) is 0.853. The topological polar surface area (TPSA) is 50.3 Å². The number of thiazole rings is 1. The van der Waals surface area contributed by atoms with E-state index in [4.69, 9.17) is 4.98 Å². The van der Waals surface area contributed by atoms with Gasteiger partial charge in [0.1, 0.15) is 0 Å². The monoisotopic (exact) mass is 328 g/mol. The fraction of sp³-hybridized carbons (Fsp3) is 0.800. The van der Waals surface area contributed by atoms with Crippen LogP contribution in [0.4, 0.5) is 0 Å². The molecule has 2 heterocycles. The van der Waals surface area contributed by atoms with Gasteiger partial charge in [0.05, 0.1) is 22.2 Å². The van der Waals surface area contributed by atoms with E-state index in [1.165, 1.54) is 37.1 Å². The van der Waals surface area contributed by atoms with Crippen molar-refractivity contribution >= 4 is 21.2 Å². The molecule has 118 valence electrons. The van der Waals surface area contributed by atoms with Gasteiger partial charge in [0.2, 0.25) is 0 Å². The minimum absolute atomic E-state index is 0.162. The second kappa shape index (κ2) is 6.34. The van der Waals surface area contributed by atoms with Crippen LogP contribution in [-0.2, 0) is 16.4 Å². The van der Waals surface area contributed by atoms with Gasteiger partial charge in [0.25, 0.3) is 0 Å². The summed E-state index contributed by atoms with van der Waals surface area (Å²) in [6, 6.07) is 0.162. The highest BCUT2D eigenvalue weighted by Crippen LogP contribution is 2.34. The standard InChI is InChI=1S/C15H24N2O2S2/c1-17(14-7-8-21(18,19)11-14)9-13-10-20-15(16-13)12-5-3-2-4-6-12/h10,12,14H,2-9,11H2,1H3/t14-/m1/s1. The van der Waals surface area contributed by atoms with Crippen molar-refractivity contribution in [2.24, 2.45) is 0 Å². The highest BCUT2D eigenvalue weighted by molar-refractivity contribution is 7.91. The predicted octanol–water partition coefficient (Wildman–Crippen LogP) is 2.81. The van der Waals surface area contributed by atoms with Gasteiger partial charge in [-0.1, -0.05) is 19.3 Å². The van der Waals surface area contributed by atoms with E-state index in [9.17, 15) is 8.42 Å². The number of aromatic nitrogens is 1. The minimum Gasteiger partial charge on any atom is -0.297 e. The van der Waals surface area contributed by atoms with Crippen LogP contribution < -0.4 is 0 Å². The molecule has 0 bridgehead atoms. The molecule has 2 fully saturated rings. The maximum Gasteiger partial charge on any atom is 0.151 e. The van der Waals surface area contributed by atoms with E-state index >= 15 is 0 Å². The van der Waals surface area contributed by atoms with Crippen molar-refractivity contribution in [2.75, 3.05) is 18.6 Å². The Morgan fingerprint density at radius 2 is 2.05 bits per heavy atom. The molecule has 3 rings (SSSR count). The smallest absolute Gasteiger partial charge is 0.151 e. The first kappa shape index (κ1) is 15.4. The van der Waals surface area contributed by atoms with Gasteiger partial charge in [0, 0.05) is 23.9 Å². The van der Waals surface area contributed by atoms with Crippen LogP contribution in [-0.4, -0.2) is 42.9 Å². The van der Waals surface area contributed by atoms with Gasteiger partial charge >= 0.3 is 0 Å². The zero-order valence-corrected chi connectivity index (χ0v) is 14.3. The van der Waals surface area contributed by atoms with E-state index in [0.29, 0.717) is 17.4 Å². The molecule has 1 aliphatic carbocycles. The Morgan fingerprint density at radius 3 is 2.71 bits per heavy atom. The van der Waals surface area contributed by atoms with Crippen molar-refractivity contribution in [3.05, 3.63) is 16.1 Å². The van der Waals surface area contributed by atoms with Crippen molar-refractivity contribution in [3.8, 4) is 0 Å². The lowest BCUT2D eigenvalue weighted by atomic mass is 9.90. The number of rotatable bonds is 4. The van der Waals surface area contributed by atoms with Gasteiger partial charge in [-0.25, -0.2) is 13.4 Å². The van der Waals surface area contributed by atoms with Crippen LogP contribution in [0, 0.1) is 0 Å². The summed E-state index contributed by atoms with van der Waals surface area (Å²) in [5, 5.41) is 3.45. The molecule has 1 aromatic heterocycles. The SMILES string of the molecule is CN(Cc1csc(C2CCCCC2)n1)[C@@H]1CCS(=O)(=O)C1. The Balaban J connectivity index is 1.59. The third-order valence-electron chi connectivity index (χ3n) is 4.77. The molecule has 1 aromatic rings. The summed E-state index contributed by atoms with van der Waals surface area (Å²) in [7, 11) is -0.785. The van der Waals surface area contributed by atoms with Crippen molar-refractivity contribution in [1.82, 2.24) is 9.88 Å². The summed E-state index contributed by atoms with van der Waals surface area (Å²) in [5.74, 6) is 1.31. The molecule has 0 N–H and O–H groups in total. The summed E-state index contributed by atoms with van der Waals surface area (Å²) < 4.78 is 23.1. The first-order chi connectivity index (χ1) is 10.0. The number of sulfone groups is 1. The number of hydrogen-bond acceptors (Lipinski definition) is 5. The van der Waals surface area contributed by atoms with Gasteiger partial charge in [-0.15, -0.1) is 11.3 Å². The highest BCUT2D eigenvalue weighted by atomic mass is 32.2. The Kier molecular flexibility index (Phi) is 4.66. The van der Waals surface area contributed by atoms with Crippen LogP contribution in [0.25, 0.3) is 0 Å². The summed E-state index contributed by atoms with van der Waals surface area (Å²) in [4.78, 5) is 6.97. The molecule has 1 saturated carbocycles. The number of nitrogens with zero attached hydrogens (tertiary/aromatic N) is 2. The molecule has 1 atom stereocenters. The first-order valence-electron chi connectivity index (χ1n) is 7.88. The zero-order valence-electron chi connectivity index (χ0n) is 12.6. The lowest BCUT2D eigenvalue weighted by Gasteiger charge is -2.22. The zero-order chi connectivity index (χ0) is 14.9. The van der Waals surface area contributed by atoms with Crippen molar-refractivity contribution in [2.45, 2.75) is 57.0 Å². The summed E-state index contributed by atoms with van der Waals surface area (Å²) >= 11 is 1.78. The van der Waals surface area contributed by atoms with Crippen molar-refractivity contribution < 1.29 is 8.42 Å². The average molecular weight is 329 g/mol. The Labute approximate surface area is 131 Å². The third kappa shape index (κ3) is 3.85. The largest absolute Gasteiger partial charge is 0.297 e. The van der Waals surface area contributed by atoms with Gasteiger partial charge < -0.3 is 0 Å². The van der Waals surface area contributed by atoms with Crippen LogP contribution in [0.3, 0.4) is 0 Å². The molecule has 0 amide bonds. The molecule has 4 nitrogen and oxygen atoms in total. The fourth-order valence-corrected chi connectivity index (χ4v) is 6.23. The van der Waals surface area contributed by atoms with Crippen molar-refractivity contribution in [1.29, 1.82) is 0 Å². The average Bonchev–Trinajstić information content (AvgIpc) is 3.06. The minimum atomic E-state index is -2.80. The van der Waals surface area contributed by atoms with E-state index in [-0.39, 0.29) is 6.04 Å². The second-order valence-electron chi connectivity index (χ2n) is 6.48. The third-order valence-corrected chi connectivity index (χ3v) is 7.57. The van der Waals surface area contributed by atoms with E-state index in [0.717, 1.165) is 18.7 Å². The van der Waals surface area contributed by atoms with Crippen LogP contribution in [0.15, 0.2) is 5.38 Å². The molecule has 0 unspecified atom stereocenters. The van der Waals surface area contributed by atoms with Gasteiger partial charge in [0.15, 0.2) is 9.84 Å². The molecule has 2 aliphatic rings. The molecule has 0 spiro atoms. The molecule has 1 saturated heterocycles. The summed E-state index contributed by atoms with van der Waals surface area (Å²) in [6.45, 7) is 0.767. The second-order valence-corrected chi connectivity index (χ2v) is 9.60. The van der Waals surface area contributed by atoms with Crippen molar-refractivity contribution in [3.63, 3.8) is 0 Å². The van der Waals surface area contributed by atoms with E-state index in [1.54, 1.807) is 11.3 Å². The Bertz CT molecular complexity index is 576. The maximum atomic E-state index is 11.6. The number of hydrogen-bond donors (Lipinski definition) is 0. The molecule has 1 aliphatic heterocycles. The van der Waals surface area contributed by atoms with Crippen LogP contribution in [0.2, 0.25) is 0 Å². The lowest BCUT2D eigenvalue weighted by Crippen LogP contribution is -2.32. The molecular formula is C15H24N2O2S2. The highest BCUT2D eigenvalue weighted by Gasteiger charge is 2.30. The first-order valence-corrected chi connectivity index (χ1v) is 10.6. The van der Waals surface area contributed by atoms with Gasteiger partial charge in [-0.05, 0) is 26.3 Å². The summed E-state index contributed by atoms with van der Waals surface area (Å²) in [6.07, 6.45) is 7.36. The Hall–Kier alpha value is -0.460. The maximum absolute atomic E-state index is 11.6.